The molecule has 1 aromatic heterocycles. The van der Waals surface area contributed by atoms with Gasteiger partial charge in [0, 0.05) is 25.9 Å². The Balaban J connectivity index is 1.61. The lowest BCUT2D eigenvalue weighted by molar-refractivity contribution is -0.115. The van der Waals surface area contributed by atoms with E-state index in [4.69, 9.17) is 28.2 Å². The van der Waals surface area contributed by atoms with Gasteiger partial charge in [-0.25, -0.2) is 0 Å². The average Bonchev–Trinajstić information content (AvgIpc) is 3.15. The highest BCUT2D eigenvalue weighted by molar-refractivity contribution is 14.1. The van der Waals surface area contributed by atoms with Crippen molar-refractivity contribution in [1.82, 2.24) is 5.32 Å². The molecule has 0 spiro atoms. The highest BCUT2D eigenvalue weighted by atomic mass is 127. The molecule has 154 valence electrons. The Morgan fingerprint density at radius 2 is 1.83 bits per heavy atom. The number of furan rings is 1. The molecule has 0 saturated heterocycles. The highest BCUT2D eigenvalue weighted by Gasteiger charge is 2.08. The third kappa shape index (κ3) is 5.71. The molecule has 0 saturated carbocycles. The number of halogens is 2. The molecule has 0 unspecified atom stereocenters. The zero-order chi connectivity index (χ0) is 21.8. The Hall–Kier alpha value is -2.16. The number of nitrogens with one attached hydrogen (secondary N) is 2. The van der Waals surface area contributed by atoms with Gasteiger partial charge in [0.1, 0.15) is 11.5 Å². The number of hydrogen-bond acceptors (Lipinski definition) is 3. The SMILES string of the molecule is Cc1ccc(-c2ccc(/C=C/C(=O)NC(=S)Nc3cc(C)c(I)cc3C)o2)cc1Cl. The summed E-state index contributed by atoms with van der Waals surface area (Å²) in [5.74, 6) is 0.891. The van der Waals surface area contributed by atoms with Crippen LogP contribution in [0.3, 0.4) is 0 Å². The molecular formula is C23H20ClIN2O2S. The van der Waals surface area contributed by atoms with Gasteiger partial charge in [-0.05, 0) is 109 Å². The first-order chi connectivity index (χ1) is 14.2. The number of aryl methyl sites for hydroxylation is 3. The van der Waals surface area contributed by atoms with Crippen molar-refractivity contribution >= 4 is 69.2 Å². The van der Waals surface area contributed by atoms with E-state index < -0.39 is 0 Å². The van der Waals surface area contributed by atoms with E-state index in [1.165, 1.54) is 9.65 Å². The molecule has 0 aliphatic rings. The summed E-state index contributed by atoms with van der Waals surface area (Å²) in [6.07, 6.45) is 2.97. The predicted octanol–water partition coefficient (Wildman–Crippen LogP) is 6.66. The summed E-state index contributed by atoms with van der Waals surface area (Å²) in [6.45, 7) is 5.96. The molecule has 3 aromatic rings. The Bertz CT molecular complexity index is 1150. The van der Waals surface area contributed by atoms with Crippen LogP contribution in [0.2, 0.25) is 5.02 Å². The zero-order valence-electron chi connectivity index (χ0n) is 16.7. The Morgan fingerprint density at radius 1 is 1.07 bits per heavy atom. The molecule has 30 heavy (non-hydrogen) atoms. The van der Waals surface area contributed by atoms with Crippen molar-refractivity contribution in [3.05, 3.63) is 79.6 Å². The van der Waals surface area contributed by atoms with Gasteiger partial charge in [0.25, 0.3) is 0 Å². The van der Waals surface area contributed by atoms with Crippen LogP contribution in [0.1, 0.15) is 22.5 Å². The van der Waals surface area contributed by atoms with E-state index in [1.54, 1.807) is 12.1 Å². The second-order valence-corrected chi connectivity index (χ2v) is 8.84. The first kappa shape index (κ1) is 22.5. The Kier molecular flexibility index (Phi) is 7.33. The topological polar surface area (TPSA) is 54.3 Å². The first-order valence-electron chi connectivity index (χ1n) is 9.16. The minimum absolute atomic E-state index is 0.239. The molecule has 0 aliphatic heterocycles. The lowest BCUT2D eigenvalue weighted by atomic mass is 10.1. The molecule has 0 bridgehead atoms. The summed E-state index contributed by atoms with van der Waals surface area (Å²) >= 11 is 13.7. The number of benzene rings is 2. The molecule has 3 rings (SSSR count). The van der Waals surface area contributed by atoms with Gasteiger partial charge in [-0.15, -0.1) is 0 Å². The molecule has 0 fully saturated rings. The normalized spacial score (nSPS) is 11.0. The maximum atomic E-state index is 12.2. The van der Waals surface area contributed by atoms with E-state index in [-0.39, 0.29) is 11.0 Å². The van der Waals surface area contributed by atoms with Crippen LogP contribution in [0.25, 0.3) is 17.4 Å². The van der Waals surface area contributed by atoms with Crippen LogP contribution < -0.4 is 10.6 Å². The number of thiocarbonyl (C=S) groups is 1. The fraction of sp³-hybridized carbons (Fsp3) is 0.130. The predicted molar refractivity (Wildman–Crippen MR) is 136 cm³/mol. The smallest absolute Gasteiger partial charge is 0.250 e. The average molecular weight is 551 g/mol. The molecule has 2 aromatic carbocycles. The summed E-state index contributed by atoms with van der Waals surface area (Å²) in [4.78, 5) is 12.2. The third-order valence-electron chi connectivity index (χ3n) is 4.47. The molecule has 1 heterocycles. The molecular weight excluding hydrogens is 531 g/mol. The summed E-state index contributed by atoms with van der Waals surface area (Å²) in [5, 5.41) is 6.63. The maximum Gasteiger partial charge on any atom is 0.250 e. The lowest BCUT2D eigenvalue weighted by Crippen LogP contribution is -2.33. The van der Waals surface area contributed by atoms with Crippen molar-refractivity contribution < 1.29 is 9.21 Å². The van der Waals surface area contributed by atoms with E-state index in [0.29, 0.717) is 16.5 Å². The van der Waals surface area contributed by atoms with Crippen molar-refractivity contribution in [2.45, 2.75) is 20.8 Å². The minimum atomic E-state index is -0.344. The summed E-state index contributed by atoms with van der Waals surface area (Å²) in [5.41, 5.74) is 4.94. The summed E-state index contributed by atoms with van der Waals surface area (Å²) in [7, 11) is 0. The number of amides is 1. The standard InChI is InChI=1S/C23H20ClIN2O2S/c1-13-4-5-16(12-18(13)24)21-8-6-17(29-21)7-9-22(28)27-23(30)26-20-11-14(2)19(25)10-15(20)3/h4-12H,1-3H3,(H2,26,27,28,30)/b9-7+. The second kappa shape index (κ2) is 9.76. The quantitative estimate of drug-likeness (QED) is 0.217. The Labute approximate surface area is 199 Å². The molecule has 4 nitrogen and oxygen atoms in total. The van der Waals surface area contributed by atoms with E-state index in [0.717, 1.165) is 27.9 Å². The van der Waals surface area contributed by atoms with Crippen molar-refractivity contribution in [3.8, 4) is 11.3 Å². The molecule has 1 amide bonds. The highest BCUT2D eigenvalue weighted by Crippen LogP contribution is 2.27. The fourth-order valence-corrected chi connectivity index (χ4v) is 3.74. The van der Waals surface area contributed by atoms with E-state index in [1.807, 2.05) is 51.1 Å². The fourth-order valence-electron chi connectivity index (χ4n) is 2.72. The molecule has 0 aliphatic carbocycles. The maximum absolute atomic E-state index is 12.2. The lowest BCUT2D eigenvalue weighted by Gasteiger charge is -2.12. The van der Waals surface area contributed by atoms with Gasteiger partial charge < -0.3 is 9.73 Å². The van der Waals surface area contributed by atoms with Gasteiger partial charge >= 0.3 is 0 Å². The van der Waals surface area contributed by atoms with Crippen molar-refractivity contribution in [1.29, 1.82) is 0 Å². The molecule has 0 atom stereocenters. The van der Waals surface area contributed by atoms with Gasteiger partial charge in [-0.2, -0.15) is 0 Å². The number of carbonyl (C=O) groups excluding carboxylic acids is 1. The van der Waals surface area contributed by atoms with Crippen LogP contribution in [-0.4, -0.2) is 11.0 Å². The summed E-state index contributed by atoms with van der Waals surface area (Å²) in [6, 6.07) is 13.4. The van der Waals surface area contributed by atoms with Crippen LogP contribution >= 0.6 is 46.4 Å². The molecule has 0 radical (unpaired) electrons. The van der Waals surface area contributed by atoms with Gasteiger partial charge in [0.15, 0.2) is 5.11 Å². The number of anilines is 1. The van der Waals surface area contributed by atoms with Crippen LogP contribution in [-0.2, 0) is 4.79 Å². The van der Waals surface area contributed by atoms with Crippen LogP contribution in [0.4, 0.5) is 5.69 Å². The van der Waals surface area contributed by atoms with Gasteiger partial charge in [0.2, 0.25) is 5.91 Å². The third-order valence-corrected chi connectivity index (χ3v) is 6.25. The van der Waals surface area contributed by atoms with Crippen LogP contribution in [0.5, 0.6) is 0 Å². The minimum Gasteiger partial charge on any atom is -0.457 e. The van der Waals surface area contributed by atoms with Crippen molar-refractivity contribution in [2.24, 2.45) is 0 Å². The van der Waals surface area contributed by atoms with E-state index in [9.17, 15) is 4.79 Å². The monoisotopic (exact) mass is 550 g/mol. The van der Waals surface area contributed by atoms with Gasteiger partial charge in [0.05, 0.1) is 0 Å². The zero-order valence-corrected chi connectivity index (χ0v) is 20.4. The number of hydrogen-bond donors (Lipinski definition) is 2. The first-order valence-corrected chi connectivity index (χ1v) is 11.0. The van der Waals surface area contributed by atoms with Crippen LogP contribution in [0, 0.1) is 24.3 Å². The number of rotatable bonds is 4. The Morgan fingerprint density at radius 3 is 2.57 bits per heavy atom. The van der Waals surface area contributed by atoms with Crippen molar-refractivity contribution in [3.63, 3.8) is 0 Å². The van der Waals surface area contributed by atoms with E-state index in [2.05, 4.69) is 39.3 Å². The van der Waals surface area contributed by atoms with Gasteiger partial charge in [-0.1, -0.05) is 23.7 Å². The van der Waals surface area contributed by atoms with Crippen LogP contribution in [0.15, 0.2) is 53.0 Å². The molecule has 2 N–H and O–H groups in total. The largest absolute Gasteiger partial charge is 0.457 e. The number of carbonyl (C=O) groups is 1. The van der Waals surface area contributed by atoms with Crippen molar-refractivity contribution in [2.75, 3.05) is 5.32 Å². The van der Waals surface area contributed by atoms with E-state index >= 15 is 0 Å². The summed E-state index contributed by atoms with van der Waals surface area (Å²) < 4.78 is 6.96. The second-order valence-electron chi connectivity index (χ2n) is 6.86. The molecule has 7 heteroatoms. The van der Waals surface area contributed by atoms with Gasteiger partial charge in [-0.3, -0.25) is 10.1 Å².